The summed E-state index contributed by atoms with van der Waals surface area (Å²) in [5.41, 5.74) is 5.42. The third-order valence-corrected chi connectivity index (χ3v) is 6.81. The van der Waals surface area contributed by atoms with Gasteiger partial charge in [-0.1, -0.05) is 42.5 Å². The quantitative estimate of drug-likeness (QED) is 0.370. The fourth-order valence-electron chi connectivity index (χ4n) is 4.97. The zero-order chi connectivity index (χ0) is 23.2. The van der Waals surface area contributed by atoms with Gasteiger partial charge in [-0.25, -0.2) is 9.97 Å². The van der Waals surface area contributed by atoms with E-state index < -0.39 is 0 Å². The van der Waals surface area contributed by atoms with E-state index in [0.29, 0.717) is 13.2 Å². The standard InChI is InChI=1S/C28H27N5O/c1-18-6-4-8-22-21(18)7-5-9-23(22)27-30-25-11-10-20(26-12-13-29-32(26)3)16-24(25)28(31-27)33-14-15-34-17-19(33)2/h4-13,16,19H,14-15,17H2,1-3H3. The second kappa shape index (κ2) is 8.22. The summed E-state index contributed by atoms with van der Waals surface area (Å²) >= 11 is 0. The summed E-state index contributed by atoms with van der Waals surface area (Å²) in [6.45, 7) is 6.53. The van der Waals surface area contributed by atoms with Gasteiger partial charge >= 0.3 is 0 Å². The van der Waals surface area contributed by atoms with Crippen LogP contribution >= 0.6 is 0 Å². The van der Waals surface area contributed by atoms with Crippen LogP contribution in [-0.4, -0.2) is 45.5 Å². The molecule has 0 N–H and O–H groups in total. The van der Waals surface area contributed by atoms with E-state index in [1.54, 1.807) is 0 Å². The lowest BCUT2D eigenvalue weighted by Gasteiger charge is -2.35. The molecule has 0 bridgehead atoms. The predicted molar refractivity (Wildman–Crippen MR) is 137 cm³/mol. The molecule has 1 saturated heterocycles. The SMILES string of the molecule is Cc1cccc2c(-c3nc(N4CCOCC4C)c4cc(-c5ccnn5C)ccc4n3)cccc12. The van der Waals surface area contributed by atoms with Crippen LogP contribution in [0, 0.1) is 6.92 Å². The maximum Gasteiger partial charge on any atom is 0.162 e. The zero-order valence-electron chi connectivity index (χ0n) is 19.7. The minimum Gasteiger partial charge on any atom is -0.377 e. The van der Waals surface area contributed by atoms with Crippen LogP contribution in [0.4, 0.5) is 5.82 Å². The number of aromatic nitrogens is 4. The van der Waals surface area contributed by atoms with Gasteiger partial charge in [0.25, 0.3) is 0 Å². The van der Waals surface area contributed by atoms with E-state index in [4.69, 9.17) is 14.7 Å². The third-order valence-electron chi connectivity index (χ3n) is 6.81. The van der Waals surface area contributed by atoms with E-state index in [9.17, 15) is 0 Å². The van der Waals surface area contributed by atoms with Gasteiger partial charge < -0.3 is 9.64 Å². The Hall–Kier alpha value is -3.77. The zero-order valence-corrected chi connectivity index (χ0v) is 19.7. The maximum absolute atomic E-state index is 5.73. The Balaban J connectivity index is 1.61. The summed E-state index contributed by atoms with van der Waals surface area (Å²) in [6, 6.07) is 21.5. The number of nitrogens with zero attached hydrogens (tertiary/aromatic N) is 5. The third kappa shape index (κ3) is 3.42. The fourth-order valence-corrected chi connectivity index (χ4v) is 4.97. The largest absolute Gasteiger partial charge is 0.377 e. The highest BCUT2D eigenvalue weighted by atomic mass is 16.5. The highest BCUT2D eigenvalue weighted by Crippen LogP contribution is 2.35. The first-order valence-corrected chi connectivity index (χ1v) is 11.7. The summed E-state index contributed by atoms with van der Waals surface area (Å²) in [7, 11) is 1.96. The number of anilines is 1. The average molecular weight is 450 g/mol. The molecule has 2 aromatic heterocycles. The lowest BCUT2D eigenvalue weighted by atomic mass is 10.00. The number of rotatable bonds is 3. The van der Waals surface area contributed by atoms with Crippen LogP contribution in [0.15, 0.2) is 66.9 Å². The number of morpholine rings is 1. The molecule has 0 aliphatic carbocycles. The van der Waals surface area contributed by atoms with E-state index in [2.05, 4.69) is 78.4 Å². The van der Waals surface area contributed by atoms with Crippen LogP contribution in [-0.2, 0) is 11.8 Å². The molecule has 3 aromatic carbocycles. The van der Waals surface area contributed by atoms with Crippen LogP contribution in [0.2, 0.25) is 0 Å². The Morgan fingerprint density at radius 1 is 0.941 bits per heavy atom. The number of fused-ring (bicyclic) bond motifs is 2. The molecule has 1 unspecified atom stereocenters. The van der Waals surface area contributed by atoms with Crippen LogP contribution in [0.25, 0.3) is 44.3 Å². The minimum atomic E-state index is 0.231. The van der Waals surface area contributed by atoms with E-state index in [1.807, 2.05) is 24.0 Å². The van der Waals surface area contributed by atoms with Crippen molar-refractivity contribution in [1.29, 1.82) is 0 Å². The maximum atomic E-state index is 5.73. The van der Waals surface area contributed by atoms with Gasteiger partial charge in [0.05, 0.1) is 30.5 Å². The van der Waals surface area contributed by atoms with Crippen molar-refractivity contribution in [3.05, 3.63) is 72.4 Å². The van der Waals surface area contributed by atoms with Gasteiger partial charge in [-0.3, -0.25) is 4.68 Å². The van der Waals surface area contributed by atoms with Crippen molar-refractivity contribution < 1.29 is 4.74 Å². The molecule has 170 valence electrons. The van der Waals surface area contributed by atoms with Crippen LogP contribution in [0.1, 0.15) is 12.5 Å². The lowest BCUT2D eigenvalue weighted by Crippen LogP contribution is -2.44. The van der Waals surface area contributed by atoms with Gasteiger partial charge in [0.15, 0.2) is 5.82 Å². The van der Waals surface area contributed by atoms with Gasteiger partial charge in [0.1, 0.15) is 5.82 Å². The van der Waals surface area contributed by atoms with Crippen molar-refractivity contribution in [2.75, 3.05) is 24.7 Å². The number of hydrogen-bond acceptors (Lipinski definition) is 5. The molecule has 1 fully saturated rings. The van der Waals surface area contributed by atoms with Gasteiger partial charge in [0.2, 0.25) is 0 Å². The Kier molecular flexibility index (Phi) is 5.03. The Morgan fingerprint density at radius 2 is 1.79 bits per heavy atom. The van der Waals surface area contributed by atoms with Gasteiger partial charge in [-0.2, -0.15) is 5.10 Å². The molecule has 6 heteroatoms. The van der Waals surface area contributed by atoms with Crippen molar-refractivity contribution in [3.8, 4) is 22.6 Å². The number of ether oxygens (including phenoxy) is 1. The second-order valence-electron chi connectivity index (χ2n) is 9.04. The first-order chi connectivity index (χ1) is 16.6. The highest BCUT2D eigenvalue weighted by molar-refractivity contribution is 5.99. The molecule has 1 atom stereocenters. The first kappa shape index (κ1) is 20.8. The van der Waals surface area contributed by atoms with Crippen LogP contribution in [0.5, 0.6) is 0 Å². The number of aryl methyl sites for hydroxylation is 2. The van der Waals surface area contributed by atoms with Gasteiger partial charge in [-0.15, -0.1) is 0 Å². The lowest BCUT2D eigenvalue weighted by molar-refractivity contribution is 0.0987. The minimum absolute atomic E-state index is 0.231. The van der Waals surface area contributed by atoms with Crippen molar-refractivity contribution in [1.82, 2.24) is 19.7 Å². The molecule has 6 nitrogen and oxygen atoms in total. The summed E-state index contributed by atoms with van der Waals surface area (Å²) in [6.07, 6.45) is 1.83. The topological polar surface area (TPSA) is 56.1 Å². The molecule has 1 aliphatic rings. The van der Waals surface area contributed by atoms with Crippen molar-refractivity contribution in [2.45, 2.75) is 19.9 Å². The summed E-state index contributed by atoms with van der Waals surface area (Å²) in [4.78, 5) is 12.6. The smallest absolute Gasteiger partial charge is 0.162 e. The summed E-state index contributed by atoms with van der Waals surface area (Å²) in [5, 5.41) is 7.80. The molecule has 0 saturated carbocycles. The van der Waals surface area contributed by atoms with E-state index in [0.717, 1.165) is 45.9 Å². The molecule has 6 rings (SSSR count). The van der Waals surface area contributed by atoms with E-state index in [-0.39, 0.29) is 6.04 Å². The van der Waals surface area contributed by atoms with Gasteiger partial charge in [-0.05, 0) is 48.4 Å². The number of benzene rings is 3. The van der Waals surface area contributed by atoms with Crippen molar-refractivity contribution in [3.63, 3.8) is 0 Å². The average Bonchev–Trinajstić information content (AvgIpc) is 3.29. The van der Waals surface area contributed by atoms with Crippen LogP contribution in [0.3, 0.4) is 0 Å². The highest BCUT2D eigenvalue weighted by Gasteiger charge is 2.24. The molecule has 3 heterocycles. The molecule has 0 radical (unpaired) electrons. The molecule has 34 heavy (non-hydrogen) atoms. The van der Waals surface area contributed by atoms with Crippen molar-refractivity contribution >= 4 is 27.5 Å². The normalized spacial score (nSPS) is 16.4. The Morgan fingerprint density at radius 3 is 2.62 bits per heavy atom. The molecule has 0 amide bonds. The van der Waals surface area contributed by atoms with E-state index in [1.165, 1.54) is 16.3 Å². The Labute approximate surface area is 198 Å². The van der Waals surface area contributed by atoms with Crippen molar-refractivity contribution in [2.24, 2.45) is 7.05 Å². The second-order valence-corrected chi connectivity index (χ2v) is 9.04. The molecule has 0 spiro atoms. The van der Waals surface area contributed by atoms with Crippen LogP contribution < -0.4 is 4.90 Å². The summed E-state index contributed by atoms with van der Waals surface area (Å²) < 4.78 is 7.63. The predicted octanol–water partition coefficient (Wildman–Crippen LogP) is 5.38. The Bertz CT molecular complexity index is 1520. The summed E-state index contributed by atoms with van der Waals surface area (Å²) in [5.74, 6) is 1.72. The van der Waals surface area contributed by atoms with Gasteiger partial charge in [0, 0.05) is 36.3 Å². The molecular weight excluding hydrogens is 422 g/mol. The molecular formula is C28H27N5O. The molecule has 1 aliphatic heterocycles. The number of hydrogen-bond donors (Lipinski definition) is 0. The van der Waals surface area contributed by atoms with E-state index >= 15 is 0 Å². The molecule has 5 aromatic rings. The monoisotopic (exact) mass is 449 g/mol. The fraction of sp³-hybridized carbons (Fsp3) is 0.250. The first-order valence-electron chi connectivity index (χ1n) is 11.7.